The van der Waals surface area contributed by atoms with Crippen LogP contribution in [0.5, 0.6) is 0 Å². The number of rotatable bonds is 5. The molecule has 66 valence electrons. The first-order valence-corrected chi connectivity index (χ1v) is 3.65. The molecule has 0 saturated carbocycles. The second-order valence-electron chi connectivity index (χ2n) is 2.91. The van der Waals surface area contributed by atoms with Gasteiger partial charge in [-0.3, -0.25) is 4.79 Å². The Bertz CT molecular complexity index is 126. The topological polar surface area (TPSA) is 64.3 Å². The Hall–Kier alpha value is -0.610. The second-order valence-corrected chi connectivity index (χ2v) is 2.91. The van der Waals surface area contributed by atoms with E-state index in [1.165, 1.54) is 7.11 Å². The lowest BCUT2D eigenvalue weighted by Crippen LogP contribution is -2.41. The van der Waals surface area contributed by atoms with Gasteiger partial charge in [0.2, 0.25) is 5.91 Å². The summed E-state index contributed by atoms with van der Waals surface area (Å²) < 4.78 is 0. The summed E-state index contributed by atoms with van der Waals surface area (Å²) in [6, 6.07) is -0.375. The molecule has 0 aromatic carbocycles. The van der Waals surface area contributed by atoms with E-state index >= 15 is 0 Å². The third-order valence-electron chi connectivity index (χ3n) is 1.31. The molecule has 0 spiro atoms. The molecule has 11 heavy (non-hydrogen) atoms. The lowest BCUT2D eigenvalue weighted by molar-refractivity contribution is -0.123. The molecule has 0 rings (SSSR count). The highest BCUT2D eigenvalue weighted by Crippen LogP contribution is 2.03. The van der Waals surface area contributed by atoms with E-state index in [1.54, 1.807) is 0 Å². The van der Waals surface area contributed by atoms with E-state index in [-0.39, 0.29) is 11.9 Å². The SMILES string of the molecule is CON[C@@H](CC(C)C)C(N)=O. The molecule has 0 unspecified atom stereocenters. The fraction of sp³-hybridized carbons (Fsp3) is 0.857. The summed E-state index contributed by atoms with van der Waals surface area (Å²) in [5, 5.41) is 0. The van der Waals surface area contributed by atoms with Gasteiger partial charge < -0.3 is 10.6 Å². The fourth-order valence-corrected chi connectivity index (χ4v) is 0.836. The van der Waals surface area contributed by atoms with Crippen molar-refractivity contribution in [3.63, 3.8) is 0 Å². The fourth-order valence-electron chi connectivity index (χ4n) is 0.836. The highest BCUT2D eigenvalue weighted by Gasteiger charge is 2.15. The van der Waals surface area contributed by atoms with Crippen LogP contribution in [0.2, 0.25) is 0 Å². The molecule has 0 aliphatic heterocycles. The molecule has 3 N–H and O–H groups in total. The summed E-state index contributed by atoms with van der Waals surface area (Å²) in [4.78, 5) is 15.3. The number of primary amides is 1. The first-order valence-electron chi connectivity index (χ1n) is 3.65. The maximum atomic E-state index is 10.7. The van der Waals surface area contributed by atoms with Crippen molar-refractivity contribution < 1.29 is 9.63 Å². The number of hydroxylamine groups is 1. The van der Waals surface area contributed by atoms with E-state index in [0.29, 0.717) is 12.3 Å². The zero-order chi connectivity index (χ0) is 8.85. The van der Waals surface area contributed by atoms with Crippen LogP contribution >= 0.6 is 0 Å². The molecule has 4 nitrogen and oxygen atoms in total. The van der Waals surface area contributed by atoms with Gasteiger partial charge in [-0.25, -0.2) is 0 Å². The minimum atomic E-state index is -0.375. The van der Waals surface area contributed by atoms with E-state index in [9.17, 15) is 4.79 Å². The first kappa shape index (κ1) is 10.4. The molecule has 1 amide bonds. The van der Waals surface area contributed by atoms with Crippen molar-refractivity contribution in [1.29, 1.82) is 0 Å². The quantitative estimate of drug-likeness (QED) is 0.558. The third-order valence-corrected chi connectivity index (χ3v) is 1.31. The molecule has 0 saturated heterocycles. The number of nitrogens with two attached hydrogens (primary N) is 1. The number of hydrogen-bond acceptors (Lipinski definition) is 3. The van der Waals surface area contributed by atoms with Crippen molar-refractivity contribution >= 4 is 5.91 Å². The van der Waals surface area contributed by atoms with Crippen LogP contribution in [-0.4, -0.2) is 19.1 Å². The number of carbonyl (C=O) groups excluding carboxylic acids is 1. The number of carbonyl (C=O) groups is 1. The van der Waals surface area contributed by atoms with Gasteiger partial charge in [0.25, 0.3) is 0 Å². The molecule has 0 bridgehead atoms. The smallest absolute Gasteiger partial charge is 0.236 e. The van der Waals surface area contributed by atoms with E-state index in [0.717, 1.165) is 0 Å². The largest absolute Gasteiger partial charge is 0.368 e. The summed E-state index contributed by atoms with van der Waals surface area (Å²) in [5.41, 5.74) is 7.63. The van der Waals surface area contributed by atoms with Crippen LogP contribution in [0.3, 0.4) is 0 Å². The number of amides is 1. The van der Waals surface area contributed by atoms with Crippen LogP contribution in [0.15, 0.2) is 0 Å². The van der Waals surface area contributed by atoms with Crippen LogP contribution in [-0.2, 0) is 9.63 Å². The Kier molecular flexibility index (Phi) is 4.81. The summed E-state index contributed by atoms with van der Waals surface area (Å²) in [6.07, 6.45) is 0.698. The molecular formula is C7H16N2O2. The molecule has 0 aliphatic rings. The van der Waals surface area contributed by atoms with Gasteiger partial charge in [0.15, 0.2) is 0 Å². The maximum Gasteiger partial charge on any atom is 0.236 e. The van der Waals surface area contributed by atoms with Crippen molar-refractivity contribution in [3.8, 4) is 0 Å². The van der Waals surface area contributed by atoms with Crippen LogP contribution in [0.25, 0.3) is 0 Å². The molecule has 0 fully saturated rings. The van der Waals surface area contributed by atoms with Gasteiger partial charge in [-0.15, -0.1) is 0 Å². The van der Waals surface area contributed by atoms with Gasteiger partial charge >= 0.3 is 0 Å². The minimum Gasteiger partial charge on any atom is -0.368 e. The molecule has 0 heterocycles. The van der Waals surface area contributed by atoms with Crippen molar-refractivity contribution in [2.75, 3.05) is 7.11 Å². The summed E-state index contributed by atoms with van der Waals surface area (Å²) in [7, 11) is 1.47. The summed E-state index contributed by atoms with van der Waals surface area (Å²) in [5.74, 6) is 0.0516. The van der Waals surface area contributed by atoms with Crippen LogP contribution in [0.4, 0.5) is 0 Å². The van der Waals surface area contributed by atoms with Crippen molar-refractivity contribution in [3.05, 3.63) is 0 Å². The zero-order valence-electron chi connectivity index (χ0n) is 7.26. The highest BCUT2D eigenvalue weighted by molar-refractivity contribution is 5.79. The van der Waals surface area contributed by atoms with E-state index < -0.39 is 0 Å². The predicted octanol–water partition coefficient (Wildman–Crippen LogP) is 0.0374. The van der Waals surface area contributed by atoms with Gasteiger partial charge in [-0.1, -0.05) is 13.8 Å². The standard InChI is InChI=1S/C7H16N2O2/c1-5(2)4-6(7(8)10)9-11-3/h5-6,9H,4H2,1-3H3,(H2,8,10)/t6-/m0/s1. The molecule has 1 atom stereocenters. The summed E-state index contributed by atoms with van der Waals surface area (Å²) in [6.45, 7) is 4.04. The van der Waals surface area contributed by atoms with Gasteiger partial charge in [-0.2, -0.15) is 5.48 Å². The Morgan fingerprint density at radius 2 is 2.18 bits per heavy atom. The van der Waals surface area contributed by atoms with Gasteiger partial charge in [0, 0.05) is 0 Å². The van der Waals surface area contributed by atoms with E-state index in [4.69, 9.17) is 5.73 Å². The van der Waals surface area contributed by atoms with Gasteiger partial charge in [-0.05, 0) is 12.3 Å². The normalized spacial score (nSPS) is 13.5. The van der Waals surface area contributed by atoms with Gasteiger partial charge in [0.1, 0.15) is 6.04 Å². The van der Waals surface area contributed by atoms with Crippen molar-refractivity contribution in [2.24, 2.45) is 11.7 Å². The summed E-state index contributed by atoms with van der Waals surface area (Å²) >= 11 is 0. The third kappa shape index (κ3) is 4.75. The van der Waals surface area contributed by atoms with Crippen LogP contribution in [0.1, 0.15) is 20.3 Å². The Morgan fingerprint density at radius 1 is 1.64 bits per heavy atom. The minimum absolute atomic E-state index is 0.374. The molecular weight excluding hydrogens is 144 g/mol. The highest BCUT2D eigenvalue weighted by atomic mass is 16.6. The monoisotopic (exact) mass is 160 g/mol. The maximum absolute atomic E-state index is 10.7. The van der Waals surface area contributed by atoms with Crippen LogP contribution in [0, 0.1) is 5.92 Å². The van der Waals surface area contributed by atoms with E-state index in [2.05, 4.69) is 10.3 Å². The van der Waals surface area contributed by atoms with Crippen molar-refractivity contribution in [1.82, 2.24) is 5.48 Å². The predicted molar refractivity (Wildman–Crippen MR) is 42.6 cm³/mol. The Balaban J connectivity index is 3.79. The van der Waals surface area contributed by atoms with E-state index in [1.807, 2.05) is 13.8 Å². The van der Waals surface area contributed by atoms with Crippen molar-refractivity contribution in [2.45, 2.75) is 26.3 Å². The number of nitrogens with one attached hydrogen (secondary N) is 1. The zero-order valence-corrected chi connectivity index (χ0v) is 7.26. The molecule has 0 aliphatic carbocycles. The lowest BCUT2D eigenvalue weighted by Gasteiger charge is -2.14. The average Bonchev–Trinajstić information content (AvgIpc) is 1.86. The Labute approximate surface area is 67.0 Å². The lowest BCUT2D eigenvalue weighted by atomic mass is 10.0. The second kappa shape index (κ2) is 5.09. The van der Waals surface area contributed by atoms with Crippen LogP contribution < -0.4 is 11.2 Å². The van der Waals surface area contributed by atoms with Gasteiger partial charge in [0.05, 0.1) is 7.11 Å². The molecule has 0 radical (unpaired) electrons. The Morgan fingerprint density at radius 3 is 2.45 bits per heavy atom. The number of hydrogen-bond donors (Lipinski definition) is 2. The average molecular weight is 160 g/mol. The molecule has 0 aromatic heterocycles. The first-order chi connectivity index (χ1) is 5.07. The molecule has 0 aromatic rings. The molecule has 4 heteroatoms.